The first-order chi connectivity index (χ1) is 18.2. The fourth-order valence-electron chi connectivity index (χ4n) is 5.28. The van der Waals surface area contributed by atoms with Gasteiger partial charge in [-0.2, -0.15) is 4.31 Å². The molecule has 1 saturated carbocycles. The number of piperidine rings is 1. The van der Waals surface area contributed by atoms with Gasteiger partial charge in [-0.05, 0) is 49.9 Å². The maximum atomic E-state index is 13.7. The summed E-state index contributed by atoms with van der Waals surface area (Å²) in [5.41, 5.74) is 6.73. The molecule has 12 heteroatoms. The molecule has 1 aliphatic heterocycles. The molecule has 4 N–H and O–H groups in total. The zero-order valence-electron chi connectivity index (χ0n) is 21.5. The lowest BCUT2D eigenvalue weighted by Crippen LogP contribution is -2.53. The predicted octanol–water partition coefficient (Wildman–Crippen LogP) is 4.23. The topological polar surface area (TPSA) is 146 Å². The Bertz CT molecular complexity index is 1260. The summed E-state index contributed by atoms with van der Waals surface area (Å²) in [5, 5.41) is 10.7. The summed E-state index contributed by atoms with van der Waals surface area (Å²) in [6.45, 7) is 0.573. The monoisotopic (exact) mass is 561 g/mol. The van der Waals surface area contributed by atoms with Gasteiger partial charge in [-0.15, -0.1) is 11.3 Å². The van der Waals surface area contributed by atoms with Gasteiger partial charge < -0.3 is 20.7 Å². The molecule has 2 amide bonds. The molecule has 38 heavy (non-hydrogen) atoms. The molecule has 2 aromatic rings. The van der Waals surface area contributed by atoms with Gasteiger partial charge in [0.05, 0.1) is 7.11 Å². The Balaban J connectivity index is 1.49. The lowest BCUT2D eigenvalue weighted by atomic mass is 9.99. The number of methoxy groups -OCH3 is 1. The van der Waals surface area contributed by atoms with Gasteiger partial charge in [0, 0.05) is 36.4 Å². The third kappa shape index (κ3) is 6.36. The standard InChI is InChI=1S/C26H35N5O5S2/c1-36-25(32)22-11-12-23(37-22)38(34,35)30-15-13-21(14-16-30)31(20-9-4-2-3-5-10-20)26(33)29-19-8-6-7-18(17-19)24(27)28/h6-8,11-12,17,20-21H,2-5,9-10,13-16H2,1H3,(H3,27,28)(H,29,33). The lowest BCUT2D eigenvalue weighted by molar-refractivity contribution is 0.0606. The van der Waals surface area contributed by atoms with E-state index in [-0.39, 0.29) is 46.1 Å². The Hall–Kier alpha value is -2.96. The number of thiophene rings is 1. The van der Waals surface area contributed by atoms with Crippen LogP contribution in [0.25, 0.3) is 0 Å². The Kier molecular flexibility index (Phi) is 9.06. The minimum atomic E-state index is -3.75. The van der Waals surface area contributed by atoms with E-state index in [9.17, 15) is 18.0 Å². The van der Waals surface area contributed by atoms with Crippen molar-refractivity contribution in [3.05, 3.63) is 46.8 Å². The molecule has 0 bridgehead atoms. The number of nitrogens with two attached hydrogens (primary N) is 1. The first-order valence-corrected chi connectivity index (χ1v) is 15.2. The summed E-state index contributed by atoms with van der Waals surface area (Å²) in [5.74, 6) is -0.631. The van der Waals surface area contributed by atoms with Crippen molar-refractivity contribution in [1.82, 2.24) is 9.21 Å². The quantitative estimate of drug-likeness (QED) is 0.200. The molecule has 0 atom stereocenters. The molecule has 2 fully saturated rings. The Morgan fingerprint density at radius 2 is 1.71 bits per heavy atom. The smallest absolute Gasteiger partial charge is 0.348 e. The fraction of sp³-hybridized carbons (Fsp3) is 0.500. The van der Waals surface area contributed by atoms with Crippen molar-refractivity contribution >= 4 is 44.9 Å². The second-order valence-electron chi connectivity index (χ2n) is 9.72. The van der Waals surface area contributed by atoms with E-state index in [1.54, 1.807) is 24.3 Å². The molecule has 4 rings (SSSR count). The number of carbonyl (C=O) groups is 2. The number of hydrogen-bond acceptors (Lipinski definition) is 7. The summed E-state index contributed by atoms with van der Waals surface area (Å²) in [6.07, 6.45) is 7.30. The average Bonchev–Trinajstić information content (AvgIpc) is 3.28. The van der Waals surface area contributed by atoms with Crippen LogP contribution in [0.15, 0.2) is 40.6 Å². The van der Waals surface area contributed by atoms with Crippen molar-refractivity contribution in [2.75, 3.05) is 25.5 Å². The molecular weight excluding hydrogens is 526 g/mol. The van der Waals surface area contributed by atoms with Gasteiger partial charge in [0.15, 0.2) is 0 Å². The normalized spacial score (nSPS) is 17.9. The largest absolute Gasteiger partial charge is 0.465 e. The van der Waals surface area contributed by atoms with Gasteiger partial charge >= 0.3 is 12.0 Å². The highest BCUT2D eigenvalue weighted by atomic mass is 32.2. The molecular formula is C26H35N5O5S2. The Morgan fingerprint density at radius 1 is 1.05 bits per heavy atom. The van der Waals surface area contributed by atoms with Gasteiger partial charge in [-0.25, -0.2) is 18.0 Å². The highest BCUT2D eigenvalue weighted by molar-refractivity contribution is 7.91. The highest BCUT2D eigenvalue weighted by Crippen LogP contribution is 2.31. The third-order valence-corrected chi connectivity index (χ3v) is 10.7. The number of esters is 1. The number of carbonyl (C=O) groups excluding carboxylic acids is 2. The van der Waals surface area contributed by atoms with Crippen molar-refractivity contribution in [2.45, 2.75) is 67.7 Å². The van der Waals surface area contributed by atoms with Crippen LogP contribution in [0.4, 0.5) is 10.5 Å². The molecule has 1 saturated heterocycles. The Labute approximate surface area is 227 Å². The molecule has 2 heterocycles. The molecule has 1 aromatic carbocycles. The minimum Gasteiger partial charge on any atom is -0.465 e. The van der Waals surface area contributed by atoms with Crippen LogP contribution in [0.3, 0.4) is 0 Å². The maximum absolute atomic E-state index is 13.7. The van der Waals surface area contributed by atoms with Crippen molar-refractivity contribution in [2.24, 2.45) is 5.73 Å². The van der Waals surface area contributed by atoms with Crippen LogP contribution >= 0.6 is 11.3 Å². The summed E-state index contributed by atoms with van der Waals surface area (Å²) in [7, 11) is -2.49. The zero-order chi connectivity index (χ0) is 27.3. The fourth-order valence-corrected chi connectivity index (χ4v) is 8.12. The van der Waals surface area contributed by atoms with E-state index in [4.69, 9.17) is 15.9 Å². The number of amidine groups is 1. The number of benzene rings is 1. The molecule has 2 aliphatic rings. The molecule has 1 aromatic heterocycles. The average molecular weight is 562 g/mol. The molecule has 206 valence electrons. The van der Waals surface area contributed by atoms with Gasteiger partial charge in [-0.3, -0.25) is 5.41 Å². The van der Waals surface area contributed by atoms with E-state index < -0.39 is 16.0 Å². The molecule has 0 radical (unpaired) electrons. The summed E-state index contributed by atoms with van der Waals surface area (Å²) < 4.78 is 32.8. The zero-order valence-corrected chi connectivity index (χ0v) is 23.2. The van der Waals surface area contributed by atoms with Gasteiger partial charge in [0.1, 0.15) is 14.9 Å². The van der Waals surface area contributed by atoms with Crippen molar-refractivity contribution in [1.29, 1.82) is 5.41 Å². The van der Waals surface area contributed by atoms with E-state index in [1.807, 2.05) is 4.90 Å². The van der Waals surface area contributed by atoms with Crippen LogP contribution in [0.1, 0.15) is 66.6 Å². The van der Waals surface area contributed by atoms with Crippen LogP contribution < -0.4 is 11.1 Å². The van der Waals surface area contributed by atoms with E-state index in [2.05, 4.69) is 5.32 Å². The van der Waals surface area contributed by atoms with E-state index in [0.29, 0.717) is 24.1 Å². The summed E-state index contributed by atoms with van der Waals surface area (Å²) in [4.78, 5) is 27.6. The van der Waals surface area contributed by atoms with Crippen molar-refractivity contribution < 1.29 is 22.7 Å². The third-order valence-electron chi connectivity index (χ3n) is 7.26. The number of rotatable bonds is 7. The maximum Gasteiger partial charge on any atom is 0.348 e. The minimum absolute atomic E-state index is 0.0697. The van der Waals surface area contributed by atoms with Crippen molar-refractivity contribution in [3.63, 3.8) is 0 Å². The van der Waals surface area contributed by atoms with E-state index in [1.165, 1.54) is 23.5 Å². The van der Waals surface area contributed by atoms with E-state index >= 15 is 0 Å². The van der Waals surface area contributed by atoms with Crippen LogP contribution in [0.5, 0.6) is 0 Å². The number of nitrogens with one attached hydrogen (secondary N) is 2. The SMILES string of the molecule is COC(=O)c1ccc(S(=O)(=O)N2CCC(N(C(=O)Nc3cccc(C(=N)N)c3)C3CCCCCC3)CC2)s1. The highest BCUT2D eigenvalue weighted by Gasteiger charge is 2.37. The molecule has 10 nitrogen and oxygen atoms in total. The first-order valence-electron chi connectivity index (χ1n) is 12.9. The van der Waals surface area contributed by atoms with Crippen LogP contribution in [0, 0.1) is 5.41 Å². The number of sulfonamides is 1. The van der Waals surface area contributed by atoms with Gasteiger partial charge in [-0.1, -0.05) is 37.8 Å². The Morgan fingerprint density at radius 3 is 2.34 bits per heavy atom. The van der Waals surface area contributed by atoms with E-state index in [0.717, 1.165) is 49.9 Å². The van der Waals surface area contributed by atoms with Crippen LogP contribution in [0.2, 0.25) is 0 Å². The van der Waals surface area contributed by atoms with Gasteiger partial charge in [0.25, 0.3) is 10.0 Å². The summed E-state index contributed by atoms with van der Waals surface area (Å²) in [6, 6.07) is 9.61. The number of urea groups is 1. The number of hydrogen-bond donors (Lipinski definition) is 3. The molecule has 0 spiro atoms. The number of nitrogen functional groups attached to an aromatic ring is 1. The molecule has 1 aliphatic carbocycles. The number of anilines is 1. The second kappa shape index (κ2) is 12.3. The number of amides is 2. The second-order valence-corrected chi connectivity index (χ2v) is 13.0. The number of ether oxygens (including phenoxy) is 1. The predicted molar refractivity (Wildman–Crippen MR) is 147 cm³/mol. The van der Waals surface area contributed by atoms with Crippen LogP contribution in [-0.4, -0.2) is 67.7 Å². The summed E-state index contributed by atoms with van der Waals surface area (Å²) >= 11 is 0.905. The van der Waals surface area contributed by atoms with Crippen molar-refractivity contribution in [3.8, 4) is 0 Å². The first kappa shape index (κ1) is 28.1. The van der Waals surface area contributed by atoms with Gasteiger partial charge in [0.2, 0.25) is 0 Å². The van der Waals surface area contributed by atoms with Crippen LogP contribution in [-0.2, 0) is 14.8 Å². The lowest BCUT2D eigenvalue weighted by Gasteiger charge is -2.42. The number of nitrogens with zero attached hydrogens (tertiary/aromatic N) is 2. The molecule has 0 unspecified atom stereocenters.